The molecule has 0 unspecified atom stereocenters. The van der Waals surface area contributed by atoms with Gasteiger partial charge in [0.15, 0.2) is 5.82 Å². The van der Waals surface area contributed by atoms with E-state index in [1.165, 1.54) is 12.1 Å². The fourth-order valence-electron chi connectivity index (χ4n) is 4.28. The lowest BCUT2D eigenvalue weighted by molar-refractivity contribution is 0.0196. The first-order valence-electron chi connectivity index (χ1n) is 11.2. The summed E-state index contributed by atoms with van der Waals surface area (Å²) < 4.78 is 23.1. The fourth-order valence-corrected chi connectivity index (χ4v) is 4.73. The van der Waals surface area contributed by atoms with Crippen molar-refractivity contribution in [2.45, 2.75) is 45.3 Å². The number of aromatic nitrogens is 2. The number of fused-ring (bicyclic) bond motifs is 1. The number of likely N-dealkylation sites (tertiary alicyclic amines) is 1. The predicted octanol–water partition coefficient (Wildman–Crippen LogP) is 5.36. The number of amides is 2. The van der Waals surface area contributed by atoms with Crippen LogP contribution in [0.1, 0.15) is 44.0 Å². The Bertz CT molecular complexity index is 1240. The van der Waals surface area contributed by atoms with Crippen LogP contribution in [0.15, 0.2) is 42.7 Å². The maximum Gasteiger partial charge on any atom is 0.410 e. The minimum absolute atomic E-state index is 0.0252. The van der Waals surface area contributed by atoms with Crippen LogP contribution in [0.5, 0.6) is 0 Å². The maximum atomic E-state index is 14.9. The molecule has 0 spiro atoms. The van der Waals surface area contributed by atoms with Crippen molar-refractivity contribution in [3.05, 3.63) is 57.7 Å². The molecule has 180 valence electrons. The van der Waals surface area contributed by atoms with Crippen LogP contribution in [-0.2, 0) is 11.8 Å². The molecule has 9 heteroatoms. The molecular weight excluding hydrogens is 550 g/mol. The van der Waals surface area contributed by atoms with Crippen LogP contribution in [0.3, 0.4) is 0 Å². The number of anilines is 1. The number of pyridine rings is 1. The molecule has 3 heterocycles. The van der Waals surface area contributed by atoms with E-state index < -0.39 is 23.4 Å². The molecular formula is C25H28FIN4O3. The number of rotatable bonds is 3. The largest absolute Gasteiger partial charge is 0.444 e. The lowest BCUT2D eigenvalue weighted by atomic mass is 10.0. The first kappa shape index (κ1) is 24.4. The molecule has 1 aliphatic rings. The highest BCUT2D eigenvalue weighted by Crippen LogP contribution is 2.31. The van der Waals surface area contributed by atoms with Gasteiger partial charge in [0, 0.05) is 41.5 Å². The zero-order chi connectivity index (χ0) is 24.6. The van der Waals surface area contributed by atoms with Crippen LogP contribution in [0.4, 0.5) is 15.0 Å². The third-order valence-electron chi connectivity index (χ3n) is 5.79. The Morgan fingerprint density at radius 1 is 1.24 bits per heavy atom. The summed E-state index contributed by atoms with van der Waals surface area (Å²) in [5.41, 5.74) is 0.124. The van der Waals surface area contributed by atoms with E-state index in [0.717, 1.165) is 10.9 Å². The summed E-state index contributed by atoms with van der Waals surface area (Å²) >= 11 is 2.01. The van der Waals surface area contributed by atoms with Crippen LogP contribution in [-0.4, -0.2) is 51.2 Å². The molecule has 1 aromatic carbocycles. The average molecular weight is 578 g/mol. The number of carbonyl (C=O) groups is 2. The summed E-state index contributed by atoms with van der Waals surface area (Å²) in [5, 5.41) is 0.924. The third kappa shape index (κ3) is 5.03. The van der Waals surface area contributed by atoms with Crippen molar-refractivity contribution < 1.29 is 18.7 Å². The number of ether oxygens (including phenoxy) is 1. The molecule has 4 rings (SSSR count). The molecule has 0 aliphatic carbocycles. The van der Waals surface area contributed by atoms with E-state index in [1.807, 2.05) is 73.3 Å². The number of benzene rings is 1. The van der Waals surface area contributed by atoms with E-state index in [9.17, 15) is 14.0 Å². The minimum atomic E-state index is -0.625. The second kappa shape index (κ2) is 9.52. The van der Waals surface area contributed by atoms with Gasteiger partial charge < -0.3 is 14.2 Å². The highest BCUT2D eigenvalue weighted by molar-refractivity contribution is 14.1. The number of piperidine rings is 1. The van der Waals surface area contributed by atoms with Gasteiger partial charge in [0.05, 0.1) is 17.1 Å². The Morgan fingerprint density at radius 3 is 2.71 bits per heavy atom. The Hall–Kier alpha value is -2.69. The predicted molar refractivity (Wildman–Crippen MR) is 137 cm³/mol. The van der Waals surface area contributed by atoms with Crippen molar-refractivity contribution in [1.29, 1.82) is 0 Å². The van der Waals surface area contributed by atoms with E-state index in [4.69, 9.17) is 4.74 Å². The summed E-state index contributed by atoms with van der Waals surface area (Å²) in [7, 11) is 1.88. The van der Waals surface area contributed by atoms with Gasteiger partial charge in [-0.2, -0.15) is 0 Å². The number of hydrogen-bond acceptors (Lipinski definition) is 4. The summed E-state index contributed by atoms with van der Waals surface area (Å²) in [6.45, 7) is 6.27. The van der Waals surface area contributed by atoms with Crippen molar-refractivity contribution in [1.82, 2.24) is 14.5 Å². The summed E-state index contributed by atoms with van der Waals surface area (Å²) in [6, 6.07) is 7.99. The molecule has 1 saturated heterocycles. The Labute approximate surface area is 212 Å². The molecule has 0 bridgehead atoms. The van der Waals surface area contributed by atoms with Crippen LogP contribution >= 0.6 is 22.6 Å². The van der Waals surface area contributed by atoms with E-state index >= 15 is 0 Å². The molecule has 7 nitrogen and oxygen atoms in total. The van der Waals surface area contributed by atoms with Gasteiger partial charge in [-0.15, -0.1) is 0 Å². The van der Waals surface area contributed by atoms with Gasteiger partial charge in [-0.05, 0) is 86.5 Å². The normalized spacial score (nSPS) is 16.5. The molecule has 2 aromatic heterocycles. The van der Waals surface area contributed by atoms with Gasteiger partial charge in [-0.1, -0.05) is 0 Å². The molecule has 1 aliphatic heterocycles. The second-order valence-corrected chi connectivity index (χ2v) is 10.8. The van der Waals surface area contributed by atoms with E-state index in [0.29, 0.717) is 28.8 Å². The van der Waals surface area contributed by atoms with Crippen LogP contribution < -0.4 is 4.90 Å². The van der Waals surface area contributed by atoms with Gasteiger partial charge in [-0.3, -0.25) is 9.69 Å². The summed E-state index contributed by atoms with van der Waals surface area (Å²) in [6.07, 6.45) is 4.47. The van der Waals surface area contributed by atoms with E-state index in [-0.39, 0.29) is 18.2 Å². The Balaban J connectivity index is 1.77. The standard InChI is InChI=1S/C25H28FIN4O3/c1-25(2,3)34-24(33)30-12-5-6-18(15-30)31(23(32)19-8-7-17(27)14-20(19)26)22-21-16(9-11-28-22)10-13-29(21)4/h7-11,13-14,18H,5-6,12,15H2,1-4H3/t18-/m1/s1. The topological polar surface area (TPSA) is 67.7 Å². The van der Waals surface area contributed by atoms with Crippen LogP contribution in [0.25, 0.3) is 10.9 Å². The highest BCUT2D eigenvalue weighted by Gasteiger charge is 2.36. The SMILES string of the molecule is Cn1ccc2ccnc(N(C(=O)c3ccc(I)cc3F)[C@@H]3CCCN(C(=O)OC(C)(C)C)C3)c21. The van der Waals surface area contributed by atoms with Gasteiger partial charge in [-0.25, -0.2) is 14.2 Å². The highest BCUT2D eigenvalue weighted by atomic mass is 127. The molecule has 1 fully saturated rings. The van der Waals surface area contributed by atoms with E-state index in [1.54, 1.807) is 22.1 Å². The third-order valence-corrected chi connectivity index (χ3v) is 6.46. The maximum absolute atomic E-state index is 14.9. The quantitative estimate of drug-likeness (QED) is 0.393. The zero-order valence-electron chi connectivity index (χ0n) is 19.7. The molecule has 0 radical (unpaired) electrons. The first-order valence-corrected chi connectivity index (χ1v) is 12.3. The Kier molecular flexibility index (Phi) is 6.84. The van der Waals surface area contributed by atoms with Crippen molar-refractivity contribution in [3.8, 4) is 0 Å². The number of hydrogen-bond donors (Lipinski definition) is 0. The molecule has 0 saturated carbocycles. The molecule has 1 atom stereocenters. The number of halogens is 2. The first-order chi connectivity index (χ1) is 16.0. The minimum Gasteiger partial charge on any atom is -0.444 e. The molecule has 0 N–H and O–H groups in total. The van der Waals surface area contributed by atoms with Crippen LogP contribution in [0, 0.1) is 9.39 Å². The molecule has 2 amide bonds. The van der Waals surface area contributed by atoms with Crippen molar-refractivity contribution in [2.75, 3.05) is 18.0 Å². The smallest absolute Gasteiger partial charge is 0.410 e. The van der Waals surface area contributed by atoms with Gasteiger partial charge in [0.1, 0.15) is 11.4 Å². The monoisotopic (exact) mass is 578 g/mol. The number of carbonyl (C=O) groups excluding carboxylic acids is 2. The second-order valence-electron chi connectivity index (χ2n) is 9.52. The lowest BCUT2D eigenvalue weighted by Crippen LogP contribution is -2.53. The van der Waals surface area contributed by atoms with Gasteiger partial charge in [0.25, 0.3) is 5.91 Å². The van der Waals surface area contributed by atoms with Crippen molar-refractivity contribution >= 4 is 51.3 Å². The summed E-state index contributed by atoms with van der Waals surface area (Å²) in [5.74, 6) is -0.615. The average Bonchev–Trinajstić information content (AvgIpc) is 3.14. The summed E-state index contributed by atoms with van der Waals surface area (Å²) in [4.78, 5) is 34.4. The zero-order valence-corrected chi connectivity index (χ0v) is 21.9. The fraction of sp³-hybridized carbons (Fsp3) is 0.400. The van der Waals surface area contributed by atoms with Crippen molar-refractivity contribution in [3.63, 3.8) is 0 Å². The van der Waals surface area contributed by atoms with Crippen LogP contribution in [0.2, 0.25) is 0 Å². The van der Waals surface area contributed by atoms with Gasteiger partial charge >= 0.3 is 6.09 Å². The Morgan fingerprint density at radius 2 is 2.00 bits per heavy atom. The molecule has 34 heavy (non-hydrogen) atoms. The molecule has 3 aromatic rings. The lowest BCUT2D eigenvalue weighted by Gasteiger charge is -2.39. The number of aryl methyl sites for hydroxylation is 1. The van der Waals surface area contributed by atoms with Gasteiger partial charge in [0.2, 0.25) is 0 Å². The number of nitrogens with zero attached hydrogens (tertiary/aromatic N) is 4. The van der Waals surface area contributed by atoms with E-state index in [2.05, 4.69) is 4.98 Å². The van der Waals surface area contributed by atoms with Crippen molar-refractivity contribution in [2.24, 2.45) is 7.05 Å².